The van der Waals surface area contributed by atoms with Gasteiger partial charge in [-0.3, -0.25) is 4.79 Å². The second-order valence-electron chi connectivity index (χ2n) is 6.15. The van der Waals surface area contributed by atoms with Crippen LogP contribution >= 0.6 is 0 Å². The molecule has 24 heavy (non-hydrogen) atoms. The van der Waals surface area contributed by atoms with Gasteiger partial charge in [-0.15, -0.1) is 0 Å². The molecule has 0 atom stereocenters. The Kier molecular flexibility index (Phi) is 4.05. The van der Waals surface area contributed by atoms with E-state index >= 15 is 0 Å². The molecular formula is C19H19NO3S. The summed E-state index contributed by atoms with van der Waals surface area (Å²) in [5.41, 5.74) is 4.09. The molecule has 1 aliphatic rings. The van der Waals surface area contributed by atoms with E-state index in [0.29, 0.717) is 5.56 Å². The second kappa shape index (κ2) is 5.91. The predicted octanol–water partition coefficient (Wildman–Crippen LogP) is 3.63. The van der Waals surface area contributed by atoms with Gasteiger partial charge in [-0.2, -0.15) is 0 Å². The van der Waals surface area contributed by atoms with Crippen molar-refractivity contribution in [1.82, 2.24) is 4.31 Å². The maximum Gasteiger partial charge on any atom is 0.268 e. The van der Waals surface area contributed by atoms with Gasteiger partial charge in [0.25, 0.3) is 15.9 Å². The lowest BCUT2D eigenvalue weighted by molar-refractivity contribution is 0.0867. The van der Waals surface area contributed by atoms with E-state index in [1.54, 1.807) is 36.4 Å². The van der Waals surface area contributed by atoms with Crippen LogP contribution in [0.1, 0.15) is 35.3 Å². The molecule has 2 aromatic rings. The summed E-state index contributed by atoms with van der Waals surface area (Å²) in [6.07, 6.45) is 0. The van der Waals surface area contributed by atoms with E-state index in [1.165, 1.54) is 0 Å². The largest absolute Gasteiger partial charge is 0.268 e. The van der Waals surface area contributed by atoms with Gasteiger partial charge < -0.3 is 0 Å². The molecule has 124 valence electrons. The molecule has 0 N–H and O–H groups in total. The van der Waals surface area contributed by atoms with Gasteiger partial charge in [0, 0.05) is 5.56 Å². The van der Waals surface area contributed by atoms with Crippen molar-refractivity contribution in [3.05, 3.63) is 70.8 Å². The highest BCUT2D eigenvalue weighted by Crippen LogP contribution is 2.32. The number of amides is 1. The number of allylic oxidation sites excluding steroid dienone is 1. The van der Waals surface area contributed by atoms with Crippen molar-refractivity contribution in [2.45, 2.75) is 25.7 Å². The lowest BCUT2D eigenvalue weighted by Crippen LogP contribution is -2.41. The standard InChI is InChI=1S/C19H19NO3S/c1-13(2)18-12-20(19(21)17-7-5-4-6-16(17)18)24(22,23)15-10-8-14(3)9-11-15/h4-11H,12H2,1-3H3. The average molecular weight is 341 g/mol. The van der Waals surface area contributed by atoms with E-state index in [0.717, 1.165) is 26.6 Å². The first-order valence-corrected chi connectivity index (χ1v) is 9.16. The van der Waals surface area contributed by atoms with Gasteiger partial charge in [-0.05, 0) is 50.1 Å². The lowest BCUT2D eigenvalue weighted by Gasteiger charge is -2.30. The molecule has 0 saturated carbocycles. The minimum absolute atomic E-state index is 0.0639. The Morgan fingerprint density at radius 1 is 0.958 bits per heavy atom. The second-order valence-corrected chi connectivity index (χ2v) is 8.02. The Morgan fingerprint density at radius 2 is 1.54 bits per heavy atom. The van der Waals surface area contributed by atoms with E-state index in [9.17, 15) is 13.2 Å². The van der Waals surface area contributed by atoms with Crippen LogP contribution in [0.15, 0.2) is 59.0 Å². The number of benzene rings is 2. The Balaban J connectivity index is 2.15. The van der Waals surface area contributed by atoms with Gasteiger partial charge >= 0.3 is 0 Å². The zero-order valence-corrected chi connectivity index (χ0v) is 14.7. The highest BCUT2D eigenvalue weighted by molar-refractivity contribution is 7.89. The minimum atomic E-state index is -3.89. The molecule has 1 heterocycles. The molecule has 3 rings (SSSR count). The molecule has 1 amide bonds. The van der Waals surface area contributed by atoms with Crippen LogP contribution < -0.4 is 0 Å². The molecule has 0 bridgehead atoms. The quantitative estimate of drug-likeness (QED) is 0.838. The summed E-state index contributed by atoms with van der Waals surface area (Å²) >= 11 is 0. The molecule has 5 heteroatoms. The summed E-state index contributed by atoms with van der Waals surface area (Å²) in [6, 6.07) is 13.7. The maximum atomic E-state index is 13.0. The number of aryl methyl sites for hydroxylation is 1. The number of nitrogens with zero attached hydrogens (tertiary/aromatic N) is 1. The van der Waals surface area contributed by atoms with Crippen LogP contribution in [-0.4, -0.2) is 25.2 Å². The van der Waals surface area contributed by atoms with Gasteiger partial charge in [-0.1, -0.05) is 41.5 Å². The number of carbonyl (C=O) groups is 1. The molecule has 0 spiro atoms. The Labute approximate surface area is 142 Å². The van der Waals surface area contributed by atoms with E-state index in [2.05, 4.69) is 0 Å². The van der Waals surface area contributed by atoms with E-state index in [4.69, 9.17) is 0 Å². The minimum Gasteiger partial charge on any atom is -0.268 e. The number of carbonyl (C=O) groups excluding carboxylic acids is 1. The van der Waals surface area contributed by atoms with Crippen molar-refractivity contribution in [2.75, 3.05) is 6.54 Å². The first-order chi connectivity index (χ1) is 11.3. The molecule has 1 aliphatic heterocycles. The smallest absolute Gasteiger partial charge is 0.268 e. The third kappa shape index (κ3) is 2.65. The van der Waals surface area contributed by atoms with E-state index < -0.39 is 15.9 Å². The van der Waals surface area contributed by atoms with Crippen LogP contribution in [0.3, 0.4) is 0 Å². The zero-order valence-electron chi connectivity index (χ0n) is 13.9. The summed E-state index contributed by atoms with van der Waals surface area (Å²) in [5, 5.41) is 0. The summed E-state index contributed by atoms with van der Waals surface area (Å²) in [5.74, 6) is -0.476. The summed E-state index contributed by atoms with van der Waals surface area (Å²) in [7, 11) is -3.89. The predicted molar refractivity (Wildman–Crippen MR) is 94.1 cm³/mol. The van der Waals surface area contributed by atoms with Crippen molar-refractivity contribution < 1.29 is 13.2 Å². The van der Waals surface area contributed by atoms with Crippen LogP contribution in [0.25, 0.3) is 5.57 Å². The summed E-state index contributed by atoms with van der Waals surface area (Å²) in [6.45, 7) is 5.81. The summed E-state index contributed by atoms with van der Waals surface area (Å²) < 4.78 is 26.9. The third-order valence-corrected chi connectivity index (χ3v) is 5.97. The van der Waals surface area contributed by atoms with Gasteiger partial charge in [-0.25, -0.2) is 12.7 Å². The SMILES string of the molecule is CC(C)=C1CN(S(=O)(=O)c2ccc(C)cc2)C(=O)c2ccccc21. The lowest BCUT2D eigenvalue weighted by atomic mass is 9.93. The van der Waals surface area contributed by atoms with Crippen LogP contribution in [0.5, 0.6) is 0 Å². The fraction of sp³-hybridized carbons (Fsp3) is 0.211. The first kappa shape index (κ1) is 16.5. The zero-order chi connectivity index (χ0) is 17.5. The topological polar surface area (TPSA) is 54.5 Å². The van der Waals surface area contributed by atoms with E-state index in [1.807, 2.05) is 32.9 Å². The molecular weight excluding hydrogens is 322 g/mol. The van der Waals surface area contributed by atoms with Gasteiger partial charge in [0.2, 0.25) is 0 Å². The van der Waals surface area contributed by atoms with E-state index in [-0.39, 0.29) is 11.4 Å². The molecule has 0 saturated heterocycles. The molecule has 2 aromatic carbocycles. The molecule has 0 fully saturated rings. The Morgan fingerprint density at radius 3 is 2.12 bits per heavy atom. The highest BCUT2D eigenvalue weighted by atomic mass is 32.2. The van der Waals surface area contributed by atoms with Crippen molar-refractivity contribution in [3.63, 3.8) is 0 Å². The Bertz CT molecular complexity index is 937. The van der Waals surface area contributed by atoms with Crippen LogP contribution in [-0.2, 0) is 10.0 Å². The van der Waals surface area contributed by atoms with Gasteiger partial charge in [0.15, 0.2) is 0 Å². The van der Waals surface area contributed by atoms with Crippen molar-refractivity contribution in [3.8, 4) is 0 Å². The monoisotopic (exact) mass is 341 g/mol. The van der Waals surface area contributed by atoms with Gasteiger partial charge in [0.05, 0.1) is 11.4 Å². The average Bonchev–Trinajstić information content (AvgIpc) is 2.55. The molecule has 0 radical (unpaired) electrons. The number of rotatable bonds is 2. The maximum absolute atomic E-state index is 13.0. The van der Waals surface area contributed by atoms with Crippen molar-refractivity contribution in [1.29, 1.82) is 0 Å². The number of fused-ring (bicyclic) bond motifs is 1. The number of hydrogen-bond acceptors (Lipinski definition) is 3. The molecule has 0 aromatic heterocycles. The first-order valence-electron chi connectivity index (χ1n) is 7.72. The fourth-order valence-electron chi connectivity index (χ4n) is 2.83. The molecule has 0 aliphatic carbocycles. The summed E-state index contributed by atoms with van der Waals surface area (Å²) in [4.78, 5) is 12.9. The fourth-order valence-corrected chi connectivity index (χ4v) is 4.18. The van der Waals surface area contributed by atoms with Crippen molar-refractivity contribution in [2.24, 2.45) is 0 Å². The van der Waals surface area contributed by atoms with Crippen LogP contribution in [0.4, 0.5) is 0 Å². The third-order valence-electron chi connectivity index (χ3n) is 4.22. The van der Waals surface area contributed by atoms with Gasteiger partial charge in [0.1, 0.15) is 0 Å². The van der Waals surface area contributed by atoms with Crippen LogP contribution in [0.2, 0.25) is 0 Å². The van der Waals surface area contributed by atoms with Crippen molar-refractivity contribution >= 4 is 21.5 Å². The Hall–Kier alpha value is -2.40. The molecule has 0 unspecified atom stereocenters. The van der Waals surface area contributed by atoms with Crippen LogP contribution in [0, 0.1) is 6.92 Å². The number of hydrogen-bond donors (Lipinski definition) is 0. The normalized spacial score (nSPS) is 14.5. The number of sulfonamides is 1. The molecule has 4 nitrogen and oxygen atoms in total. The highest BCUT2D eigenvalue weighted by Gasteiger charge is 2.36.